The van der Waals surface area contributed by atoms with Crippen LogP contribution in [0.1, 0.15) is 30.5 Å². The Kier molecular flexibility index (Phi) is 6.29. The van der Waals surface area contributed by atoms with Gasteiger partial charge in [-0.25, -0.2) is 4.98 Å². The van der Waals surface area contributed by atoms with Crippen LogP contribution in [0.2, 0.25) is 0 Å². The Hall–Kier alpha value is -2.18. The van der Waals surface area contributed by atoms with Gasteiger partial charge in [-0.15, -0.1) is 11.3 Å². The molecule has 4 nitrogen and oxygen atoms in total. The van der Waals surface area contributed by atoms with E-state index in [1.165, 1.54) is 22.5 Å². The predicted octanol–water partition coefficient (Wildman–Crippen LogP) is 6.42. The topological polar surface area (TPSA) is 46.5 Å². The monoisotopic (exact) mass is 443 g/mol. The molecule has 2 aromatic carbocycles. The van der Waals surface area contributed by atoms with Crippen molar-refractivity contribution in [3.63, 3.8) is 0 Å². The Labute approximate surface area is 172 Å². The van der Waals surface area contributed by atoms with Gasteiger partial charge in [-0.3, -0.25) is 5.43 Å². The van der Waals surface area contributed by atoms with Gasteiger partial charge in [-0.2, -0.15) is 5.10 Å². The molecule has 3 rings (SSSR count). The molecule has 3 aromatic rings. The first-order chi connectivity index (χ1) is 12.9. The minimum Gasteiger partial charge on any atom is -0.490 e. The summed E-state index contributed by atoms with van der Waals surface area (Å²) in [6.45, 7) is 8.24. The lowest BCUT2D eigenvalue weighted by Crippen LogP contribution is -2.06. The summed E-state index contributed by atoms with van der Waals surface area (Å²) in [4.78, 5) is 4.61. The molecule has 1 aromatic heterocycles. The van der Waals surface area contributed by atoms with Gasteiger partial charge in [-0.05, 0) is 84.6 Å². The average molecular weight is 444 g/mol. The van der Waals surface area contributed by atoms with Crippen LogP contribution in [0, 0.1) is 13.8 Å². The number of nitrogens with one attached hydrogen (secondary N) is 1. The SMILES string of the molecule is Cc1ccc(-c2csc(N/N=C\c3ccc(OC(C)C)c(Br)c3)n2)cc1C. The van der Waals surface area contributed by atoms with Crippen molar-refractivity contribution in [2.45, 2.75) is 33.8 Å². The van der Waals surface area contributed by atoms with Crippen LogP contribution >= 0.6 is 27.3 Å². The van der Waals surface area contributed by atoms with Gasteiger partial charge in [0.25, 0.3) is 0 Å². The normalized spacial score (nSPS) is 11.3. The van der Waals surface area contributed by atoms with Gasteiger partial charge in [0, 0.05) is 10.9 Å². The van der Waals surface area contributed by atoms with E-state index in [1.807, 2.05) is 37.4 Å². The molecule has 1 heterocycles. The lowest BCUT2D eigenvalue weighted by Gasteiger charge is -2.11. The minimum absolute atomic E-state index is 0.138. The molecule has 0 amide bonds. The number of ether oxygens (including phenoxy) is 1. The molecule has 0 saturated carbocycles. The smallest absolute Gasteiger partial charge is 0.203 e. The van der Waals surface area contributed by atoms with Crippen molar-refractivity contribution in [1.29, 1.82) is 0 Å². The van der Waals surface area contributed by atoms with Gasteiger partial charge in [-0.1, -0.05) is 12.1 Å². The summed E-state index contributed by atoms with van der Waals surface area (Å²) < 4.78 is 6.63. The van der Waals surface area contributed by atoms with Gasteiger partial charge in [0.1, 0.15) is 5.75 Å². The molecule has 0 fully saturated rings. The number of benzene rings is 2. The number of aromatic nitrogens is 1. The number of aryl methyl sites for hydroxylation is 2. The van der Waals surface area contributed by atoms with E-state index >= 15 is 0 Å². The Balaban J connectivity index is 1.66. The zero-order valence-corrected chi connectivity index (χ0v) is 18.2. The molecule has 0 aliphatic rings. The van der Waals surface area contributed by atoms with E-state index in [9.17, 15) is 0 Å². The fourth-order valence-corrected chi connectivity index (χ4v) is 3.63. The second kappa shape index (κ2) is 8.67. The van der Waals surface area contributed by atoms with Crippen molar-refractivity contribution in [3.05, 3.63) is 62.9 Å². The lowest BCUT2D eigenvalue weighted by molar-refractivity contribution is 0.241. The van der Waals surface area contributed by atoms with E-state index in [0.717, 1.165) is 32.2 Å². The summed E-state index contributed by atoms with van der Waals surface area (Å²) in [5, 5.41) is 7.09. The quantitative estimate of drug-likeness (QED) is 0.352. The third-order valence-corrected chi connectivity index (χ3v) is 5.37. The van der Waals surface area contributed by atoms with Gasteiger partial charge in [0.2, 0.25) is 5.13 Å². The minimum atomic E-state index is 0.138. The fourth-order valence-electron chi connectivity index (χ4n) is 2.47. The number of nitrogens with zero attached hydrogens (tertiary/aromatic N) is 2. The third kappa shape index (κ3) is 5.17. The first-order valence-electron chi connectivity index (χ1n) is 8.71. The van der Waals surface area contributed by atoms with Crippen molar-refractivity contribution < 1.29 is 4.74 Å². The number of hydrogen-bond acceptors (Lipinski definition) is 5. The summed E-state index contributed by atoms with van der Waals surface area (Å²) in [5.41, 5.74) is 8.61. The van der Waals surface area contributed by atoms with Crippen LogP contribution in [0.3, 0.4) is 0 Å². The van der Waals surface area contributed by atoms with Gasteiger partial charge >= 0.3 is 0 Å². The Morgan fingerprint density at radius 3 is 2.67 bits per heavy atom. The highest BCUT2D eigenvalue weighted by atomic mass is 79.9. The highest BCUT2D eigenvalue weighted by Gasteiger charge is 2.06. The van der Waals surface area contributed by atoms with Crippen molar-refractivity contribution in [2.24, 2.45) is 5.10 Å². The van der Waals surface area contributed by atoms with Crippen molar-refractivity contribution in [2.75, 3.05) is 5.43 Å². The summed E-state index contributed by atoms with van der Waals surface area (Å²) >= 11 is 5.07. The van der Waals surface area contributed by atoms with E-state index in [-0.39, 0.29) is 6.10 Å². The second-order valence-corrected chi connectivity index (χ2v) is 8.28. The molecule has 0 aliphatic heterocycles. The maximum absolute atomic E-state index is 5.72. The summed E-state index contributed by atoms with van der Waals surface area (Å²) in [7, 11) is 0. The van der Waals surface area contributed by atoms with Crippen LogP contribution in [0.25, 0.3) is 11.3 Å². The molecule has 0 atom stereocenters. The molecule has 0 radical (unpaired) electrons. The Morgan fingerprint density at radius 2 is 1.96 bits per heavy atom. The molecular formula is C21H22BrN3OS. The number of hydrazone groups is 1. The number of anilines is 1. The number of hydrogen-bond donors (Lipinski definition) is 1. The van der Waals surface area contributed by atoms with Gasteiger partial charge in [0.05, 0.1) is 22.5 Å². The Bertz CT molecular complexity index is 966. The van der Waals surface area contributed by atoms with Gasteiger partial charge < -0.3 is 4.74 Å². The fraction of sp³-hybridized carbons (Fsp3) is 0.238. The second-order valence-electron chi connectivity index (χ2n) is 6.56. The predicted molar refractivity (Wildman–Crippen MR) is 118 cm³/mol. The standard InChI is InChI=1S/C21H22BrN3OS/c1-13(2)26-20-8-6-16(10-18(20)22)11-23-25-21-24-19(12-27-21)17-7-5-14(3)15(4)9-17/h5-13H,1-4H3,(H,24,25)/b23-11-. The van der Waals surface area contributed by atoms with Crippen LogP contribution < -0.4 is 10.2 Å². The summed E-state index contributed by atoms with van der Waals surface area (Å²) in [6.07, 6.45) is 1.90. The zero-order valence-electron chi connectivity index (χ0n) is 15.8. The first kappa shape index (κ1) is 19.6. The summed E-state index contributed by atoms with van der Waals surface area (Å²) in [5.74, 6) is 0.827. The molecule has 0 unspecified atom stereocenters. The van der Waals surface area contributed by atoms with E-state index in [0.29, 0.717) is 0 Å². The van der Waals surface area contributed by atoms with E-state index in [2.05, 4.69) is 63.5 Å². The molecular weight excluding hydrogens is 422 g/mol. The maximum atomic E-state index is 5.72. The molecule has 27 heavy (non-hydrogen) atoms. The van der Waals surface area contributed by atoms with Gasteiger partial charge in [0.15, 0.2) is 0 Å². The van der Waals surface area contributed by atoms with Crippen LogP contribution in [0.5, 0.6) is 5.75 Å². The van der Waals surface area contributed by atoms with Crippen molar-refractivity contribution >= 4 is 38.6 Å². The molecule has 0 aliphatic carbocycles. The summed E-state index contributed by atoms with van der Waals surface area (Å²) in [6, 6.07) is 12.3. The lowest BCUT2D eigenvalue weighted by atomic mass is 10.1. The largest absolute Gasteiger partial charge is 0.490 e. The van der Waals surface area contributed by atoms with Crippen molar-refractivity contribution in [1.82, 2.24) is 4.98 Å². The molecule has 6 heteroatoms. The number of halogens is 1. The Morgan fingerprint density at radius 1 is 1.15 bits per heavy atom. The molecule has 0 saturated heterocycles. The van der Waals surface area contributed by atoms with Crippen LogP contribution in [0.15, 0.2) is 51.4 Å². The first-order valence-corrected chi connectivity index (χ1v) is 10.4. The molecule has 0 bridgehead atoms. The number of thiazole rings is 1. The molecule has 140 valence electrons. The zero-order chi connectivity index (χ0) is 19.4. The van der Waals surface area contributed by atoms with Crippen molar-refractivity contribution in [3.8, 4) is 17.0 Å². The third-order valence-electron chi connectivity index (χ3n) is 4.00. The van der Waals surface area contributed by atoms with E-state index in [4.69, 9.17) is 4.74 Å². The van der Waals surface area contributed by atoms with E-state index in [1.54, 1.807) is 6.21 Å². The number of rotatable bonds is 6. The highest BCUT2D eigenvalue weighted by Crippen LogP contribution is 2.27. The highest BCUT2D eigenvalue weighted by molar-refractivity contribution is 9.10. The molecule has 1 N–H and O–H groups in total. The van der Waals surface area contributed by atoms with E-state index < -0.39 is 0 Å². The van der Waals surface area contributed by atoms with Crippen LogP contribution in [-0.2, 0) is 0 Å². The average Bonchev–Trinajstić information content (AvgIpc) is 3.08. The van der Waals surface area contributed by atoms with Crippen LogP contribution in [0.4, 0.5) is 5.13 Å². The molecule has 0 spiro atoms. The maximum Gasteiger partial charge on any atom is 0.203 e. The van der Waals surface area contributed by atoms with Crippen LogP contribution in [-0.4, -0.2) is 17.3 Å².